The Kier molecular flexibility index (Phi) is 4.85. The zero-order chi connectivity index (χ0) is 13.8. The number of pyridine rings is 1. The fraction of sp³-hybridized carbons (Fsp3) is 0.571. The standard InChI is InChI=1S/C14H21N3OS/c1-10(18)12-3-6-17(7-4-12)9-11-2-5-16-13(8-11)14(15)19/h2,5,8,10,12,18H,3-4,6-7,9H2,1H3,(H2,15,19). The summed E-state index contributed by atoms with van der Waals surface area (Å²) in [5, 5.41) is 9.60. The highest BCUT2D eigenvalue weighted by Gasteiger charge is 2.22. The molecular weight excluding hydrogens is 258 g/mol. The Balaban J connectivity index is 1.92. The average molecular weight is 279 g/mol. The third-order valence-corrected chi connectivity index (χ3v) is 4.01. The van der Waals surface area contributed by atoms with Crippen LogP contribution >= 0.6 is 12.2 Å². The number of aliphatic hydroxyl groups excluding tert-OH is 1. The highest BCUT2D eigenvalue weighted by Crippen LogP contribution is 2.21. The Hall–Kier alpha value is -1.04. The van der Waals surface area contributed by atoms with Gasteiger partial charge in [0, 0.05) is 12.7 Å². The first-order valence-electron chi connectivity index (χ1n) is 6.71. The summed E-state index contributed by atoms with van der Waals surface area (Å²) in [7, 11) is 0. The van der Waals surface area contributed by atoms with E-state index < -0.39 is 0 Å². The molecule has 0 bridgehead atoms. The number of likely N-dealkylation sites (tertiary alicyclic amines) is 1. The molecule has 1 unspecified atom stereocenters. The molecule has 1 atom stereocenters. The second-order valence-corrected chi connectivity index (χ2v) is 5.71. The number of rotatable bonds is 4. The monoisotopic (exact) mass is 279 g/mol. The molecule has 1 saturated heterocycles. The fourth-order valence-electron chi connectivity index (χ4n) is 2.56. The first kappa shape index (κ1) is 14.4. The van der Waals surface area contributed by atoms with Gasteiger partial charge in [-0.15, -0.1) is 0 Å². The Morgan fingerprint density at radius 3 is 2.84 bits per heavy atom. The molecule has 0 aliphatic carbocycles. The minimum Gasteiger partial charge on any atom is -0.393 e. The van der Waals surface area contributed by atoms with Crippen LogP contribution in [0.4, 0.5) is 0 Å². The van der Waals surface area contributed by atoms with Crippen LogP contribution in [0.2, 0.25) is 0 Å². The van der Waals surface area contributed by atoms with E-state index in [1.165, 1.54) is 5.56 Å². The van der Waals surface area contributed by atoms with Crippen LogP contribution in [0.5, 0.6) is 0 Å². The van der Waals surface area contributed by atoms with E-state index in [2.05, 4.69) is 9.88 Å². The second-order valence-electron chi connectivity index (χ2n) is 5.27. The van der Waals surface area contributed by atoms with E-state index in [4.69, 9.17) is 18.0 Å². The predicted molar refractivity (Wildman–Crippen MR) is 79.8 cm³/mol. The van der Waals surface area contributed by atoms with Gasteiger partial charge in [0.1, 0.15) is 4.99 Å². The summed E-state index contributed by atoms with van der Waals surface area (Å²) in [6, 6.07) is 3.96. The maximum absolute atomic E-state index is 9.60. The fourth-order valence-corrected chi connectivity index (χ4v) is 2.67. The van der Waals surface area contributed by atoms with Crippen LogP contribution in [0.25, 0.3) is 0 Å². The normalized spacial score (nSPS) is 19.3. The molecule has 0 aromatic carbocycles. The van der Waals surface area contributed by atoms with Gasteiger partial charge < -0.3 is 10.8 Å². The van der Waals surface area contributed by atoms with Gasteiger partial charge in [-0.3, -0.25) is 9.88 Å². The smallest absolute Gasteiger partial charge is 0.122 e. The van der Waals surface area contributed by atoms with Crippen LogP contribution in [-0.4, -0.2) is 39.2 Å². The molecule has 19 heavy (non-hydrogen) atoms. The summed E-state index contributed by atoms with van der Waals surface area (Å²) in [4.78, 5) is 6.89. The average Bonchev–Trinajstić information content (AvgIpc) is 2.39. The summed E-state index contributed by atoms with van der Waals surface area (Å²) < 4.78 is 0. The summed E-state index contributed by atoms with van der Waals surface area (Å²) in [5.74, 6) is 0.445. The van der Waals surface area contributed by atoms with Crippen molar-refractivity contribution in [3.8, 4) is 0 Å². The summed E-state index contributed by atoms with van der Waals surface area (Å²) >= 11 is 4.94. The first-order chi connectivity index (χ1) is 9.06. The molecule has 4 nitrogen and oxygen atoms in total. The van der Waals surface area contributed by atoms with Crippen molar-refractivity contribution in [2.45, 2.75) is 32.4 Å². The van der Waals surface area contributed by atoms with Crippen LogP contribution in [0.3, 0.4) is 0 Å². The lowest BCUT2D eigenvalue weighted by atomic mass is 9.92. The lowest BCUT2D eigenvalue weighted by Crippen LogP contribution is -2.36. The van der Waals surface area contributed by atoms with E-state index in [0.717, 1.165) is 32.5 Å². The number of aliphatic hydroxyl groups is 1. The maximum atomic E-state index is 9.60. The molecule has 2 rings (SSSR count). The van der Waals surface area contributed by atoms with Crippen molar-refractivity contribution < 1.29 is 5.11 Å². The van der Waals surface area contributed by atoms with Gasteiger partial charge in [0.05, 0.1) is 11.8 Å². The molecule has 2 heterocycles. The van der Waals surface area contributed by atoms with E-state index in [1.807, 2.05) is 19.1 Å². The molecule has 0 amide bonds. The third-order valence-electron chi connectivity index (χ3n) is 3.80. The van der Waals surface area contributed by atoms with E-state index in [9.17, 15) is 5.11 Å². The molecule has 1 aliphatic heterocycles. The van der Waals surface area contributed by atoms with Crippen LogP contribution in [0, 0.1) is 5.92 Å². The van der Waals surface area contributed by atoms with Crippen molar-refractivity contribution in [1.29, 1.82) is 0 Å². The van der Waals surface area contributed by atoms with Gasteiger partial charge in [0.25, 0.3) is 0 Å². The molecule has 0 spiro atoms. The number of piperidine rings is 1. The van der Waals surface area contributed by atoms with E-state index >= 15 is 0 Å². The quantitative estimate of drug-likeness (QED) is 0.814. The molecule has 0 radical (unpaired) electrons. The number of nitrogens with two attached hydrogens (primary N) is 1. The lowest BCUT2D eigenvalue weighted by Gasteiger charge is -2.33. The molecule has 104 valence electrons. The zero-order valence-corrected chi connectivity index (χ0v) is 12.1. The Morgan fingerprint density at radius 2 is 2.26 bits per heavy atom. The first-order valence-corrected chi connectivity index (χ1v) is 7.12. The van der Waals surface area contributed by atoms with Crippen LogP contribution < -0.4 is 5.73 Å². The van der Waals surface area contributed by atoms with Crippen molar-refractivity contribution >= 4 is 17.2 Å². The van der Waals surface area contributed by atoms with Gasteiger partial charge in [0.2, 0.25) is 0 Å². The van der Waals surface area contributed by atoms with Gasteiger partial charge in [-0.2, -0.15) is 0 Å². The van der Waals surface area contributed by atoms with Gasteiger partial charge in [-0.1, -0.05) is 12.2 Å². The lowest BCUT2D eigenvalue weighted by molar-refractivity contribution is 0.0695. The van der Waals surface area contributed by atoms with E-state index in [-0.39, 0.29) is 6.10 Å². The molecule has 0 saturated carbocycles. The van der Waals surface area contributed by atoms with Crippen molar-refractivity contribution in [3.63, 3.8) is 0 Å². The van der Waals surface area contributed by atoms with Crippen LogP contribution in [0.15, 0.2) is 18.3 Å². The summed E-state index contributed by atoms with van der Waals surface area (Å²) in [5.41, 5.74) is 7.47. The van der Waals surface area contributed by atoms with E-state index in [0.29, 0.717) is 16.6 Å². The number of nitrogens with zero attached hydrogens (tertiary/aromatic N) is 2. The van der Waals surface area contributed by atoms with Gasteiger partial charge in [-0.25, -0.2) is 0 Å². The second kappa shape index (κ2) is 6.41. The van der Waals surface area contributed by atoms with Crippen molar-refractivity contribution in [2.75, 3.05) is 13.1 Å². The molecule has 5 heteroatoms. The molecule has 1 aromatic rings. The molecular formula is C14H21N3OS. The van der Waals surface area contributed by atoms with Crippen molar-refractivity contribution in [3.05, 3.63) is 29.6 Å². The zero-order valence-electron chi connectivity index (χ0n) is 11.2. The number of thiocarbonyl (C=S) groups is 1. The Labute approximate surface area is 119 Å². The molecule has 1 aliphatic rings. The van der Waals surface area contributed by atoms with Gasteiger partial charge >= 0.3 is 0 Å². The van der Waals surface area contributed by atoms with Crippen LogP contribution in [0.1, 0.15) is 31.0 Å². The predicted octanol–water partition coefficient (Wildman–Crippen LogP) is 1.31. The molecule has 1 aromatic heterocycles. The SMILES string of the molecule is CC(O)C1CCN(Cc2ccnc(C(N)=S)c2)CC1. The number of hydrogen-bond donors (Lipinski definition) is 2. The molecule has 3 N–H and O–H groups in total. The summed E-state index contributed by atoms with van der Waals surface area (Å²) in [6.45, 7) is 4.84. The molecule has 1 fully saturated rings. The van der Waals surface area contributed by atoms with Crippen molar-refractivity contribution in [1.82, 2.24) is 9.88 Å². The Bertz CT molecular complexity index is 442. The largest absolute Gasteiger partial charge is 0.393 e. The number of aromatic nitrogens is 1. The number of hydrogen-bond acceptors (Lipinski definition) is 4. The minimum absolute atomic E-state index is 0.190. The van der Waals surface area contributed by atoms with Crippen LogP contribution in [-0.2, 0) is 6.54 Å². The summed E-state index contributed by atoms with van der Waals surface area (Å²) in [6.07, 6.45) is 3.69. The maximum Gasteiger partial charge on any atom is 0.122 e. The Morgan fingerprint density at radius 1 is 1.58 bits per heavy atom. The van der Waals surface area contributed by atoms with E-state index in [1.54, 1.807) is 6.20 Å². The third kappa shape index (κ3) is 3.96. The minimum atomic E-state index is -0.190. The van der Waals surface area contributed by atoms with Gasteiger partial charge in [0.15, 0.2) is 0 Å². The van der Waals surface area contributed by atoms with Crippen molar-refractivity contribution in [2.24, 2.45) is 11.7 Å². The van der Waals surface area contributed by atoms with Gasteiger partial charge in [-0.05, 0) is 56.5 Å². The highest BCUT2D eigenvalue weighted by atomic mass is 32.1. The highest BCUT2D eigenvalue weighted by molar-refractivity contribution is 7.80. The topological polar surface area (TPSA) is 62.4 Å².